The molecule has 0 radical (unpaired) electrons. The summed E-state index contributed by atoms with van der Waals surface area (Å²) in [5.41, 5.74) is 3.21. The van der Waals surface area contributed by atoms with Gasteiger partial charge in [0.1, 0.15) is 11.3 Å². The molecule has 2 heterocycles. The molecular formula is C11H15N3O. The van der Waals surface area contributed by atoms with Gasteiger partial charge in [0.25, 0.3) is 0 Å². The van der Waals surface area contributed by atoms with E-state index in [9.17, 15) is 4.79 Å². The van der Waals surface area contributed by atoms with E-state index in [2.05, 4.69) is 10.1 Å². The Balaban J connectivity index is 2.88. The van der Waals surface area contributed by atoms with Crippen LogP contribution in [0.3, 0.4) is 0 Å². The lowest BCUT2D eigenvalue weighted by Crippen LogP contribution is -2.19. The lowest BCUT2D eigenvalue weighted by Gasteiger charge is -2.05. The monoisotopic (exact) mass is 205 g/mol. The zero-order valence-corrected chi connectivity index (χ0v) is 9.46. The molecule has 0 amide bonds. The fourth-order valence-electron chi connectivity index (χ4n) is 1.71. The third-order valence-corrected chi connectivity index (χ3v) is 2.55. The van der Waals surface area contributed by atoms with Crippen LogP contribution in [0.4, 0.5) is 0 Å². The van der Waals surface area contributed by atoms with E-state index in [-0.39, 0.29) is 11.3 Å². The van der Waals surface area contributed by atoms with Crippen LogP contribution in [0.1, 0.15) is 36.7 Å². The Bertz CT molecular complexity index is 563. The van der Waals surface area contributed by atoms with Crippen LogP contribution in [-0.4, -0.2) is 14.6 Å². The molecule has 0 spiro atoms. The predicted octanol–water partition coefficient (Wildman–Crippen LogP) is 1.76. The van der Waals surface area contributed by atoms with Crippen LogP contribution in [0, 0.1) is 13.8 Å². The molecule has 0 bridgehead atoms. The van der Waals surface area contributed by atoms with Gasteiger partial charge in [0.15, 0.2) is 0 Å². The lowest BCUT2D eigenvalue weighted by atomic mass is 10.1. The molecule has 0 aliphatic carbocycles. The van der Waals surface area contributed by atoms with Crippen molar-refractivity contribution in [1.29, 1.82) is 0 Å². The zero-order valence-electron chi connectivity index (χ0n) is 9.46. The van der Waals surface area contributed by atoms with E-state index in [4.69, 9.17) is 0 Å². The van der Waals surface area contributed by atoms with Crippen LogP contribution in [0.25, 0.3) is 5.65 Å². The van der Waals surface area contributed by atoms with Gasteiger partial charge in [-0.2, -0.15) is 5.10 Å². The molecule has 1 N–H and O–H groups in total. The molecule has 0 aliphatic heterocycles. The van der Waals surface area contributed by atoms with Gasteiger partial charge in [-0.3, -0.25) is 4.79 Å². The molecule has 2 aromatic rings. The largest absolute Gasteiger partial charge is 0.342 e. The molecule has 15 heavy (non-hydrogen) atoms. The smallest absolute Gasteiger partial charge is 0.208 e. The van der Waals surface area contributed by atoms with Crippen molar-refractivity contribution in [3.63, 3.8) is 0 Å². The molecule has 0 unspecified atom stereocenters. The van der Waals surface area contributed by atoms with Crippen molar-refractivity contribution in [1.82, 2.24) is 14.6 Å². The van der Waals surface area contributed by atoms with Gasteiger partial charge in [0, 0.05) is 23.4 Å². The van der Waals surface area contributed by atoms with Gasteiger partial charge in [-0.1, -0.05) is 13.8 Å². The molecule has 0 aliphatic rings. The van der Waals surface area contributed by atoms with E-state index in [0.717, 1.165) is 16.9 Å². The van der Waals surface area contributed by atoms with Crippen molar-refractivity contribution in [3.05, 3.63) is 33.4 Å². The second-order valence-electron chi connectivity index (χ2n) is 4.22. The molecule has 4 nitrogen and oxygen atoms in total. The van der Waals surface area contributed by atoms with Gasteiger partial charge >= 0.3 is 0 Å². The summed E-state index contributed by atoms with van der Waals surface area (Å²) >= 11 is 0. The first kappa shape index (κ1) is 9.96. The van der Waals surface area contributed by atoms with Gasteiger partial charge in [0.05, 0.1) is 0 Å². The van der Waals surface area contributed by atoms with Crippen LogP contribution in [0.2, 0.25) is 0 Å². The van der Waals surface area contributed by atoms with Gasteiger partial charge in [0.2, 0.25) is 5.43 Å². The predicted molar refractivity (Wildman–Crippen MR) is 59.4 cm³/mol. The highest BCUT2D eigenvalue weighted by Gasteiger charge is 2.13. The Morgan fingerprint density at radius 2 is 2.07 bits per heavy atom. The summed E-state index contributed by atoms with van der Waals surface area (Å²) < 4.78 is 1.75. The van der Waals surface area contributed by atoms with Crippen molar-refractivity contribution >= 4 is 5.65 Å². The molecule has 2 rings (SSSR count). The van der Waals surface area contributed by atoms with E-state index < -0.39 is 0 Å². The van der Waals surface area contributed by atoms with Crippen molar-refractivity contribution in [2.24, 2.45) is 0 Å². The van der Waals surface area contributed by atoms with E-state index in [0.29, 0.717) is 5.69 Å². The number of aryl methyl sites for hydroxylation is 2. The van der Waals surface area contributed by atoms with Crippen LogP contribution >= 0.6 is 0 Å². The summed E-state index contributed by atoms with van der Waals surface area (Å²) in [6, 6.07) is 0. The topological polar surface area (TPSA) is 50.2 Å². The maximum Gasteiger partial charge on any atom is 0.208 e. The van der Waals surface area contributed by atoms with Gasteiger partial charge in [-0.25, -0.2) is 4.52 Å². The number of aromatic amines is 1. The lowest BCUT2D eigenvalue weighted by molar-refractivity contribution is 0.749. The summed E-state index contributed by atoms with van der Waals surface area (Å²) in [4.78, 5) is 15.1. The minimum absolute atomic E-state index is 0.0480. The quantitative estimate of drug-likeness (QED) is 0.771. The maximum absolute atomic E-state index is 11.9. The van der Waals surface area contributed by atoms with Crippen LogP contribution < -0.4 is 5.43 Å². The molecule has 0 saturated heterocycles. The highest BCUT2D eigenvalue weighted by Crippen LogP contribution is 2.11. The Kier molecular flexibility index (Phi) is 2.14. The Labute approximate surface area is 87.9 Å². The van der Waals surface area contributed by atoms with Crippen molar-refractivity contribution in [3.8, 4) is 0 Å². The van der Waals surface area contributed by atoms with E-state index in [1.165, 1.54) is 0 Å². The third kappa shape index (κ3) is 1.46. The van der Waals surface area contributed by atoms with Crippen LogP contribution in [-0.2, 0) is 0 Å². The molecule has 80 valence electrons. The first-order valence-electron chi connectivity index (χ1n) is 5.09. The second kappa shape index (κ2) is 3.22. The Hall–Kier alpha value is -1.58. The van der Waals surface area contributed by atoms with E-state index in [1.807, 2.05) is 33.9 Å². The fourth-order valence-corrected chi connectivity index (χ4v) is 1.71. The first-order chi connectivity index (χ1) is 7.00. The average Bonchev–Trinajstić information content (AvgIpc) is 2.52. The number of fused-ring (bicyclic) bond motifs is 1. The summed E-state index contributed by atoms with van der Waals surface area (Å²) in [6.45, 7) is 7.75. The average molecular weight is 205 g/mol. The molecular weight excluding hydrogens is 190 g/mol. The molecule has 0 fully saturated rings. The number of rotatable bonds is 1. The molecule has 0 saturated carbocycles. The Morgan fingerprint density at radius 3 is 2.67 bits per heavy atom. The van der Waals surface area contributed by atoms with E-state index in [1.54, 1.807) is 4.52 Å². The number of nitrogens with zero attached hydrogens (tertiary/aromatic N) is 2. The number of imidazole rings is 1. The number of nitrogens with one attached hydrogen (secondary N) is 1. The second-order valence-corrected chi connectivity index (χ2v) is 4.22. The SMILES string of the molecule is Cc1cn2nc(C(C)C)c(=O)c(C)c2[nH]1. The third-order valence-electron chi connectivity index (χ3n) is 2.55. The van der Waals surface area contributed by atoms with Gasteiger partial charge < -0.3 is 4.98 Å². The summed E-state index contributed by atoms with van der Waals surface area (Å²) in [5.74, 6) is 0.156. The summed E-state index contributed by atoms with van der Waals surface area (Å²) in [5, 5.41) is 4.33. The molecule has 4 heteroatoms. The van der Waals surface area contributed by atoms with Gasteiger partial charge in [-0.15, -0.1) is 0 Å². The fraction of sp³-hybridized carbons (Fsp3) is 0.455. The van der Waals surface area contributed by atoms with Crippen LogP contribution in [0.15, 0.2) is 11.0 Å². The summed E-state index contributed by atoms with van der Waals surface area (Å²) in [6.07, 6.45) is 1.90. The highest BCUT2D eigenvalue weighted by atomic mass is 16.1. The number of H-pyrrole nitrogens is 1. The molecule has 0 aromatic carbocycles. The van der Waals surface area contributed by atoms with Crippen molar-refractivity contribution in [2.45, 2.75) is 33.6 Å². The molecule has 2 aromatic heterocycles. The minimum Gasteiger partial charge on any atom is -0.342 e. The standard InChI is InChI=1S/C11H15N3O/c1-6(2)9-10(15)8(4)11-12-7(3)5-14(11)13-9/h5-6,12H,1-4H3. The first-order valence-corrected chi connectivity index (χ1v) is 5.09. The number of hydrogen-bond acceptors (Lipinski definition) is 2. The number of hydrogen-bond donors (Lipinski definition) is 1. The maximum atomic E-state index is 11.9. The molecule has 0 atom stereocenters. The normalized spacial score (nSPS) is 11.5. The van der Waals surface area contributed by atoms with Crippen molar-refractivity contribution in [2.75, 3.05) is 0 Å². The highest BCUT2D eigenvalue weighted by molar-refractivity contribution is 5.47. The summed E-state index contributed by atoms with van der Waals surface area (Å²) in [7, 11) is 0. The number of aromatic nitrogens is 3. The Morgan fingerprint density at radius 1 is 1.40 bits per heavy atom. The van der Waals surface area contributed by atoms with Gasteiger partial charge in [-0.05, 0) is 13.8 Å². The van der Waals surface area contributed by atoms with Crippen LogP contribution in [0.5, 0.6) is 0 Å². The zero-order chi connectivity index (χ0) is 11.2. The van der Waals surface area contributed by atoms with E-state index >= 15 is 0 Å². The van der Waals surface area contributed by atoms with Crippen molar-refractivity contribution < 1.29 is 0 Å². The minimum atomic E-state index is 0.0480.